The molecule has 0 aliphatic carbocycles. The zero-order valence-corrected chi connectivity index (χ0v) is 12.6. The van der Waals surface area contributed by atoms with Crippen molar-refractivity contribution in [1.82, 2.24) is 14.5 Å². The van der Waals surface area contributed by atoms with Gasteiger partial charge in [-0.3, -0.25) is 14.2 Å². The monoisotopic (exact) mass is 311 g/mol. The van der Waals surface area contributed by atoms with E-state index < -0.39 is 0 Å². The van der Waals surface area contributed by atoms with Gasteiger partial charge in [0.2, 0.25) is 5.91 Å². The Labute approximate surface area is 134 Å². The van der Waals surface area contributed by atoms with E-state index in [0.29, 0.717) is 31.9 Å². The van der Waals surface area contributed by atoms with Crippen molar-refractivity contribution in [3.8, 4) is 0 Å². The molecule has 0 spiro atoms. The predicted molar refractivity (Wildman–Crippen MR) is 84.8 cm³/mol. The minimum atomic E-state index is -0.137. The van der Waals surface area contributed by atoms with Gasteiger partial charge in [-0.25, -0.2) is 4.98 Å². The van der Waals surface area contributed by atoms with Gasteiger partial charge < -0.3 is 9.64 Å². The highest BCUT2D eigenvalue weighted by Gasteiger charge is 2.14. The Hall–Kier alpha value is -2.73. The van der Waals surface area contributed by atoms with E-state index in [1.165, 1.54) is 10.9 Å². The molecule has 118 valence electrons. The third kappa shape index (κ3) is 3.73. The van der Waals surface area contributed by atoms with E-state index in [1.807, 2.05) is 12.1 Å². The highest BCUT2D eigenvalue weighted by molar-refractivity contribution is 5.96. The number of aromatic nitrogens is 2. The lowest BCUT2D eigenvalue weighted by molar-refractivity contribution is -0.129. The average Bonchev–Trinajstić information content (AvgIpc) is 3.15. The Bertz CT molecular complexity index is 699. The summed E-state index contributed by atoms with van der Waals surface area (Å²) < 4.78 is 6.65. The number of carbonyl (C=O) groups is 2. The van der Waals surface area contributed by atoms with Crippen LogP contribution in [-0.2, 0) is 9.53 Å². The molecule has 0 radical (unpaired) electrons. The van der Waals surface area contributed by atoms with Crippen LogP contribution in [0.2, 0.25) is 0 Å². The predicted octanol–water partition coefficient (Wildman–Crippen LogP) is 1.44. The minimum Gasteiger partial charge on any atom is -0.378 e. The van der Waals surface area contributed by atoms with Gasteiger partial charge in [0.1, 0.15) is 6.33 Å². The van der Waals surface area contributed by atoms with Gasteiger partial charge in [0.15, 0.2) is 0 Å². The van der Waals surface area contributed by atoms with E-state index in [9.17, 15) is 9.59 Å². The minimum absolute atomic E-state index is 0.0214. The zero-order chi connectivity index (χ0) is 16.1. The summed E-state index contributed by atoms with van der Waals surface area (Å²) in [6.45, 7) is 2.43. The number of nitrogens with zero attached hydrogens (tertiary/aromatic N) is 3. The fourth-order valence-electron chi connectivity index (χ4n) is 2.32. The Morgan fingerprint density at radius 3 is 2.52 bits per heavy atom. The van der Waals surface area contributed by atoms with Crippen molar-refractivity contribution in [2.45, 2.75) is 0 Å². The molecule has 1 aliphatic heterocycles. The van der Waals surface area contributed by atoms with Gasteiger partial charge in [-0.1, -0.05) is 12.1 Å². The van der Waals surface area contributed by atoms with Crippen molar-refractivity contribution in [3.05, 3.63) is 60.2 Å². The van der Waals surface area contributed by atoms with E-state index in [0.717, 1.165) is 5.56 Å². The van der Waals surface area contributed by atoms with Gasteiger partial charge >= 0.3 is 0 Å². The quantitative estimate of drug-likeness (QED) is 0.805. The van der Waals surface area contributed by atoms with Crippen molar-refractivity contribution in [1.29, 1.82) is 0 Å². The SMILES string of the molecule is O=C(/C=C/c1ccc(C(=O)n2ccnc2)cc1)N1CCOCC1. The number of carbonyl (C=O) groups excluding carboxylic acids is 2. The molecule has 0 atom stereocenters. The van der Waals surface area contributed by atoms with Crippen molar-refractivity contribution < 1.29 is 14.3 Å². The number of rotatable bonds is 3. The summed E-state index contributed by atoms with van der Waals surface area (Å²) in [4.78, 5) is 29.8. The third-order valence-electron chi connectivity index (χ3n) is 3.64. The zero-order valence-electron chi connectivity index (χ0n) is 12.6. The summed E-state index contributed by atoms with van der Waals surface area (Å²) >= 11 is 0. The Balaban J connectivity index is 1.64. The van der Waals surface area contributed by atoms with Crippen LogP contribution in [0.5, 0.6) is 0 Å². The molecule has 6 heteroatoms. The maximum Gasteiger partial charge on any atom is 0.263 e. The lowest BCUT2D eigenvalue weighted by Crippen LogP contribution is -2.39. The molecule has 3 rings (SSSR count). The van der Waals surface area contributed by atoms with Crippen LogP contribution in [0.1, 0.15) is 15.9 Å². The van der Waals surface area contributed by atoms with Gasteiger partial charge in [-0.15, -0.1) is 0 Å². The van der Waals surface area contributed by atoms with Crippen LogP contribution in [0.15, 0.2) is 49.1 Å². The topological polar surface area (TPSA) is 64.4 Å². The summed E-state index contributed by atoms with van der Waals surface area (Å²) in [6.07, 6.45) is 7.95. The molecule has 2 heterocycles. The molecule has 23 heavy (non-hydrogen) atoms. The first kappa shape index (κ1) is 15.2. The lowest BCUT2D eigenvalue weighted by Gasteiger charge is -2.25. The van der Waals surface area contributed by atoms with E-state index in [1.54, 1.807) is 41.6 Å². The number of hydrogen-bond donors (Lipinski definition) is 0. The fraction of sp³-hybridized carbons (Fsp3) is 0.235. The van der Waals surface area contributed by atoms with Gasteiger partial charge in [-0.05, 0) is 23.8 Å². The summed E-state index contributed by atoms with van der Waals surface area (Å²) in [7, 11) is 0. The second kappa shape index (κ2) is 7.02. The Kier molecular flexibility index (Phi) is 4.63. The van der Waals surface area contributed by atoms with Crippen LogP contribution in [-0.4, -0.2) is 52.6 Å². The molecule has 0 N–H and O–H groups in total. The molecule has 0 bridgehead atoms. The third-order valence-corrected chi connectivity index (χ3v) is 3.64. The molecule has 0 unspecified atom stereocenters. The maximum absolute atomic E-state index is 12.1. The number of ether oxygens (including phenoxy) is 1. The van der Waals surface area contributed by atoms with Crippen LogP contribution in [0.3, 0.4) is 0 Å². The van der Waals surface area contributed by atoms with Gasteiger partial charge in [0.25, 0.3) is 5.91 Å². The first-order valence-electron chi connectivity index (χ1n) is 7.41. The van der Waals surface area contributed by atoms with Crippen LogP contribution in [0, 0.1) is 0 Å². The van der Waals surface area contributed by atoms with E-state index in [2.05, 4.69) is 4.98 Å². The normalized spacial score (nSPS) is 15.0. The van der Waals surface area contributed by atoms with Crippen molar-refractivity contribution in [2.75, 3.05) is 26.3 Å². The number of benzene rings is 1. The number of hydrogen-bond acceptors (Lipinski definition) is 4. The second-order valence-corrected chi connectivity index (χ2v) is 5.17. The average molecular weight is 311 g/mol. The molecule has 1 aromatic carbocycles. The van der Waals surface area contributed by atoms with Crippen molar-refractivity contribution in [3.63, 3.8) is 0 Å². The molecule has 1 aliphatic rings. The standard InChI is InChI=1S/C17H17N3O3/c21-16(19-9-11-23-12-10-19)6-3-14-1-4-15(5-2-14)17(22)20-8-7-18-13-20/h1-8,13H,9-12H2/b6-3+. The molecule has 6 nitrogen and oxygen atoms in total. The van der Waals surface area contributed by atoms with E-state index >= 15 is 0 Å². The molecule has 1 aromatic heterocycles. The van der Waals surface area contributed by atoms with Gasteiger partial charge in [-0.2, -0.15) is 0 Å². The summed E-state index contributed by atoms with van der Waals surface area (Å²) in [6, 6.07) is 7.10. The van der Waals surface area contributed by atoms with Crippen molar-refractivity contribution in [2.24, 2.45) is 0 Å². The van der Waals surface area contributed by atoms with Crippen LogP contribution >= 0.6 is 0 Å². The number of imidazole rings is 1. The largest absolute Gasteiger partial charge is 0.378 e. The second-order valence-electron chi connectivity index (χ2n) is 5.17. The van der Waals surface area contributed by atoms with Crippen LogP contribution < -0.4 is 0 Å². The van der Waals surface area contributed by atoms with Gasteiger partial charge in [0.05, 0.1) is 13.2 Å². The highest BCUT2D eigenvalue weighted by atomic mass is 16.5. The fourth-order valence-corrected chi connectivity index (χ4v) is 2.32. The number of morpholine rings is 1. The van der Waals surface area contributed by atoms with Gasteiger partial charge in [0, 0.05) is 37.1 Å². The molecule has 2 aromatic rings. The first-order valence-corrected chi connectivity index (χ1v) is 7.41. The molecular formula is C17H17N3O3. The maximum atomic E-state index is 12.1. The summed E-state index contributed by atoms with van der Waals surface area (Å²) in [5, 5.41) is 0. The van der Waals surface area contributed by atoms with E-state index in [4.69, 9.17) is 4.74 Å². The molecular weight excluding hydrogens is 294 g/mol. The summed E-state index contributed by atoms with van der Waals surface area (Å²) in [5.74, 6) is -0.158. The Morgan fingerprint density at radius 2 is 1.87 bits per heavy atom. The molecule has 0 saturated carbocycles. The van der Waals surface area contributed by atoms with Crippen LogP contribution in [0.4, 0.5) is 0 Å². The van der Waals surface area contributed by atoms with Crippen molar-refractivity contribution >= 4 is 17.9 Å². The van der Waals surface area contributed by atoms with Crippen LogP contribution in [0.25, 0.3) is 6.08 Å². The smallest absolute Gasteiger partial charge is 0.263 e. The molecule has 1 saturated heterocycles. The van der Waals surface area contributed by atoms with E-state index in [-0.39, 0.29) is 11.8 Å². The highest BCUT2D eigenvalue weighted by Crippen LogP contribution is 2.09. The number of amides is 1. The molecule has 1 fully saturated rings. The molecule has 1 amide bonds. The lowest BCUT2D eigenvalue weighted by atomic mass is 10.1. The summed E-state index contributed by atoms with van der Waals surface area (Å²) in [5.41, 5.74) is 1.44. The first-order chi connectivity index (χ1) is 11.2. The Morgan fingerprint density at radius 1 is 1.13 bits per heavy atom.